The first-order valence-corrected chi connectivity index (χ1v) is 10.1. The van der Waals surface area contributed by atoms with E-state index in [4.69, 9.17) is 0 Å². The minimum Gasteiger partial charge on any atom is -0.323 e. The number of aryl methyl sites for hydroxylation is 1. The Labute approximate surface area is 170 Å². The van der Waals surface area contributed by atoms with Crippen molar-refractivity contribution in [3.63, 3.8) is 0 Å². The van der Waals surface area contributed by atoms with Gasteiger partial charge in [0.2, 0.25) is 0 Å². The van der Waals surface area contributed by atoms with Gasteiger partial charge in [0.25, 0.3) is 5.91 Å². The highest BCUT2D eigenvalue weighted by Crippen LogP contribution is 2.42. The predicted molar refractivity (Wildman–Crippen MR) is 112 cm³/mol. The Morgan fingerprint density at radius 2 is 2.00 bits per heavy atom. The quantitative estimate of drug-likeness (QED) is 0.749. The highest BCUT2D eigenvalue weighted by molar-refractivity contribution is 6.16. The minimum absolute atomic E-state index is 0.113. The number of anilines is 3. The van der Waals surface area contributed by atoms with Gasteiger partial charge < -0.3 is 15.1 Å². The number of amides is 3. The molecule has 1 N–H and O–H groups in total. The summed E-state index contributed by atoms with van der Waals surface area (Å²) in [4.78, 5) is 37.0. The molecule has 2 aromatic rings. The third kappa shape index (κ3) is 2.97. The summed E-state index contributed by atoms with van der Waals surface area (Å²) in [5, 5.41) is 2.92. The van der Waals surface area contributed by atoms with Gasteiger partial charge in [-0.15, -0.1) is 0 Å². The molecule has 7 nitrogen and oxygen atoms in total. The fourth-order valence-corrected chi connectivity index (χ4v) is 4.93. The van der Waals surface area contributed by atoms with E-state index in [-0.39, 0.29) is 17.4 Å². The van der Waals surface area contributed by atoms with Gasteiger partial charge in [-0.3, -0.25) is 4.79 Å². The number of likely N-dealkylation sites (tertiary alicyclic amines) is 2. The summed E-state index contributed by atoms with van der Waals surface area (Å²) in [7, 11) is 2.14. The van der Waals surface area contributed by atoms with Crippen LogP contribution in [0.3, 0.4) is 0 Å². The molecule has 0 bridgehead atoms. The molecule has 5 rings (SSSR count). The lowest BCUT2D eigenvalue weighted by atomic mass is 9.86. The fourth-order valence-electron chi connectivity index (χ4n) is 4.93. The number of benzene rings is 1. The van der Waals surface area contributed by atoms with Crippen LogP contribution in [0.5, 0.6) is 0 Å². The molecular weight excluding hydrogens is 366 g/mol. The number of aromatic nitrogens is 1. The van der Waals surface area contributed by atoms with E-state index in [2.05, 4.69) is 22.2 Å². The molecule has 0 aliphatic carbocycles. The van der Waals surface area contributed by atoms with Crippen LogP contribution in [-0.4, -0.2) is 59.9 Å². The second kappa shape index (κ2) is 6.56. The zero-order chi connectivity index (χ0) is 20.2. The van der Waals surface area contributed by atoms with Crippen LogP contribution in [0.4, 0.5) is 22.0 Å². The number of rotatable bonds is 0. The Bertz CT molecular complexity index is 1010. The Balaban J connectivity index is 1.56. The van der Waals surface area contributed by atoms with Crippen LogP contribution in [0.1, 0.15) is 28.8 Å². The van der Waals surface area contributed by atoms with E-state index in [1.54, 1.807) is 23.2 Å². The molecule has 0 saturated carbocycles. The molecule has 2 saturated heterocycles. The van der Waals surface area contributed by atoms with Crippen molar-refractivity contribution in [3.05, 3.63) is 47.7 Å². The van der Waals surface area contributed by atoms with Crippen molar-refractivity contribution < 1.29 is 9.59 Å². The summed E-state index contributed by atoms with van der Waals surface area (Å²) < 4.78 is 0. The second-order valence-corrected chi connectivity index (χ2v) is 8.63. The minimum atomic E-state index is -0.219. The number of carbonyl (C=O) groups is 2. The van der Waals surface area contributed by atoms with E-state index in [0.29, 0.717) is 22.8 Å². The lowest BCUT2D eigenvalue weighted by Crippen LogP contribution is -2.41. The van der Waals surface area contributed by atoms with Gasteiger partial charge in [0.05, 0.1) is 16.9 Å². The first-order chi connectivity index (χ1) is 14.0. The predicted octanol–water partition coefficient (Wildman–Crippen LogP) is 3.24. The van der Waals surface area contributed by atoms with Crippen LogP contribution >= 0.6 is 0 Å². The normalized spacial score (nSPS) is 23.7. The maximum atomic E-state index is 13.8. The van der Waals surface area contributed by atoms with Crippen LogP contribution < -0.4 is 10.2 Å². The lowest BCUT2D eigenvalue weighted by molar-refractivity contribution is 0.102. The summed E-state index contributed by atoms with van der Waals surface area (Å²) in [6.45, 7) is 5.53. The maximum absolute atomic E-state index is 13.8. The topological polar surface area (TPSA) is 68.8 Å². The number of carbonyl (C=O) groups excluding carboxylic acids is 2. The summed E-state index contributed by atoms with van der Waals surface area (Å²) >= 11 is 0. The van der Waals surface area contributed by atoms with Crippen molar-refractivity contribution in [1.29, 1.82) is 0 Å². The lowest BCUT2D eigenvalue weighted by Gasteiger charge is -2.29. The molecule has 3 amide bonds. The molecule has 3 aliphatic heterocycles. The van der Waals surface area contributed by atoms with E-state index >= 15 is 0 Å². The van der Waals surface area contributed by atoms with Gasteiger partial charge in [-0.25, -0.2) is 14.7 Å². The van der Waals surface area contributed by atoms with Crippen LogP contribution in [-0.2, 0) is 0 Å². The summed E-state index contributed by atoms with van der Waals surface area (Å²) in [5.74, 6) is 0.251. The van der Waals surface area contributed by atoms with Gasteiger partial charge in [-0.2, -0.15) is 0 Å². The van der Waals surface area contributed by atoms with Crippen LogP contribution in [0.25, 0.3) is 0 Å². The molecule has 29 heavy (non-hydrogen) atoms. The third-order valence-electron chi connectivity index (χ3n) is 6.41. The zero-order valence-corrected chi connectivity index (χ0v) is 16.8. The molecule has 4 heterocycles. The van der Waals surface area contributed by atoms with Crippen molar-refractivity contribution in [2.24, 2.45) is 5.41 Å². The standard InChI is InChI=1S/C22H25N5O2/c1-15-5-6-18-16(12-15)20(28)24-17-4-3-9-23-19(17)27(18)21(29)26-11-8-22(14-26)7-10-25(2)13-22/h3-6,9,12H,7-8,10-11,13-14H2,1-2H3,(H,24,28). The van der Waals surface area contributed by atoms with Gasteiger partial charge in [0, 0.05) is 31.2 Å². The van der Waals surface area contributed by atoms with Gasteiger partial charge in [-0.05, 0) is 57.6 Å². The van der Waals surface area contributed by atoms with E-state index < -0.39 is 0 Å². The van der Waals surface area contributed by atoms with Crippen LogP contribution in [0, 0.1) is 12.3 Å². The molecule has 3 aliphatic rings. The van der Waals surface area contributed by atoms with Gasteiger partial charge in [-0.1, -0.05) is 11.6 Å². The molecule has 1 aromatic carbocycles. The van der Waals surface area contributed by atoms with Gasteiger partial charge in [0.15, 0.2) is 5.82 Å². The highest BCUT2D eigenvalue weighted by Gasteiger charge is 2.45. The molecule has 2 fully saturated rings. The zero-order valence-electron chi connectivity index (χ0n) is 16.8. The summed E-state index contributed by atoms with van der Waals surface area (Å²) in [5.41, 5.74) is 2.78. The SMILES string of the molecule is Cc1ccc2c(c1)C(=O)Nc1cccnc1N2C(=O)N1CCC2(CCN(C)C2)C1. The molecule has 1 atom stereocenters. The van der Waals surface area contributed by atoms with E-state index in [1.165, 1.54) is 0 Å². The number of nitrogens with one attached hydrogen (secondary N) is 1. The molecule has 0 radical (unpaired) electrons. The largest absolute Gasteiger partial charge is 0.330 e. The Morgan fingerprint density at radius 1 is 1.17 bits per heavy atom. The Hall–Kier alpha value is -2.93. The number of hydrogen-bond donors (Lipinski definition) is 1. The first kappa shape index (κ1) is 18.1. The van der Waals surface area contributed by atoms with E-state index in [1.807, 2.05) is 30.0 Å². The molecule has 150 valence electrons. The van der Waals surface area contributed by atoms with Crippen molar-refractivity contribution in [2.75, 3.05) is 43.4 Å². The highest BCUT2D eigenvalue weighted by atomic mass is 16.2. The molecule has 1 spiro atoms. The van der Waals surface area contributed by atoms with Gasteiger partial charge in [0.1, 0.15) is 0 Å². The number of urea groups is 1. The Morgan fingerprint density at radius 3 is 2.79 bits per heavy atom. The number of fused-ring (bicyclic) bond motifs is 2. The van der Waals surface area contributed by atoms with Crippen LogP contribution in [0.15, 0.2) is 36.5 Å². The van der Waals surface area contributed by atoms with Crippen molar-refractivity contribution in [2.45, 2.75) is 19.8 Å². The molecule has 1 unspecified atom stereocenters. The molecule has 7 heteroatoms. The van der Waals surface area contributed by atoms with Crippen LogP contribution in [0.2, 0.25) is 0 Å². The fraction of sp³-hybridized carbons (Fsp3) is 0.409. The number of pyridine rings is 1. The van der Waals surface area contributed by atoms with Crippen molar-refractivity contribution >= 4 is 29.1 Å². The average molecular weight is 391 g/mol. The van der Waals surface area contributed by atoms with E-state index in [0.717, 1.165) is 44.6 Å². The molecule has 1 aromatic heterocycles. The summed E-state index contributed by atoms with van der Waals surface area (Å²) in [6, 6.07) is 9.05. The smallest absolute Gasteiger partial charge is 0.323 e. The van der Waals surface area contributed by atoms with Crippen molar-refractivity contribution in [3.8, 4) is 0 Å². The van der Waals surface area contributed by atoms with E-state index in [9.17, 15) is 9.59 Å². The second-order valence-electron chi connectivity index (χ2n) is 8.63. The number of hydrogen-bond acceptors (Lipinski definition) is 4. The van der Waals surface area contributed by atoms with Crippen molar-refractivity contribution in [1.82, 2.24) is 14.8 Å². The van der Waals surface area contributed by atoms with Gasteiger partial charge >= 0.3 is 6.03 Å². The monoisotopic (exact) mass is 391 g/mol. The maximum Gasteiger partial charge on any atom is 0.330 e. The number of nitrogens with zero attached hydrogens (tertiary/aromatic N) is 4. The molecular formula is C22H25N5O2. The average Bonchev–Trinajstić information content (AvgIpc) is 3.26. The first-order valence-electron chi connectivity index (χ1n) is 10.1. The summed E-state index contributed by atoms with van der Waals surface area (Å²) in [6.07, 6.45) is 3.80. The Kier molecular flexibility index (Phi) is 4.10. The third-order valence-corrected chi connectivity index (χ3v) is 6.41.